The maximum absolute atomic E-state index is 14.3. The molecule has 3 aliphatic heterocycles. The first-order valence-electron chi connectivity index (χ1n) is 14.6. The lowest BCUT2D eigenvalue weighted by Crippen LogP contribution is -2.68. The number of H-pyrrole nitrogens is 1. The van der Waals surface area contributed by atoms with E-state index in [1.165, 1.54) is 24.7 Å². The first-order valence-corrected chi connectivity index (χ1v) is 14.6. The fourth-order valence-corrected chi connectivity index (χ4v) is 5.95. The monoisotopic (exact) mass is 595 g/mol. The second-order valence-corrected chi connectivity index (χ2v) is 12.2. The number of hydrogen-bond donors (Lipinski definition) is 3. The summed E-state index contributed by atoms with van der Waals surface area (Å²) in [5.74, 6) is 2.89. The van der Waals surface area contributed by atoms with Gasteiger partial charge in [0.1, 0.15) is 22.9 Å². The van der Waals surface area contributed by atoms with Crippen molar-refractivity contribution >= 4 is 17.5 Å². The van der Waals surface area contributed by atoms with Crippen molar-refractivity contribution in [3.63, 3.8) is 0 Å². The number of aromatic amines is 1. The smallest absolute Gasteiger partial charge is 0.167 e. The van der Waals surface area contributed by atoms with Gasteiger partial charge in [-0.05, 0) is 57.9 Å². The summed E-state index contributed by atoms with van der Waals surface area (Å²) in [4.78, 5) is 23.4. The molecule has 44 heavy (non-hydrogen) atoms. The van der Waals surface area contributed by atoms with E-state index in [0.717, 1.165) is 54.4 Å². The number of aryl methyl sites for hydroxylation is 2. The molecule has 12 nitrogen and oxygen atoms in total. The topological polar surface area (TPSA) is 137 Å². The summed E-state index contributed by atoms with van der Waals surface area (Å²) in [6.45, 7) is 9.51. The summed E-state index contributed by atoms with van der Waals surface area (Å²) in [6.07, 6.45) is 6.06. The maximum atomic E-state index is 14.3. The molecule has 0 radical (unpaired) electrons. The van der Waals surface area contributed by atoms with E-state index in [-0.39, 0.29) is 5.69 Å². The standard InChI is InChI=1S/C31H34FN11O/c1-18-9-25(36-26-10-19(2)38-39-26)37-30(35-18)21-6-8-27(34-13-21)41-15-22-11-23(16-41)42(22)14-20-5-7-28(33-12-20)43-17-24(32)29(40-43)31(3,4)44/h5-10,12-13,17,22-23,44H,11,14-16H2,1-4H3,(H2,35,36,37,38,39). The molecule has 2 atom stereocenters. The molecule has 0 saturated carbocycles. The second kappa shape index (κ2) is 10.8. The van der Waals surface area contributed by atoms with Gasteiger partial charge in [-0.1, -0.05) is 6.07 Å². The highest BCUT2D eigenvalue weighted by Crippen LogP contribution is 2.35. The van der Waals surface area contributed by atoms with Gasteiger partial charge in [0.15, 0.2) is 23.3 Å². The zero-order valence-corrected chi connectivity index (χ0v) is 25.0. The zero-order chi connectivity index (χ0) is 30.6. The Balaban J connectivity index is 0.978. The number of piperazine rings is 1. The van der Waals surface area contributed by atoms with E-state index in [4.69, 9.17) is 4.98 Å². The van der Waals surface area contributed by atoms with Gasteiger partial charge < -0.3 is 15.3 Å². The molecular weight excluding hydrogens is 561 g/mol. The van der Waals surface area contributed by atoms with E-state index in [0.29, 0.717) is 35.4 Å². The minimum atomic E-state index is -1.37. The van der Waals surface area contributed by atoms with Crippen molar-refractivity contribution in [2.45, 2.75) is 58.3 Å². The first-order chi connectivity index (χ1) is 21.1. The number of aromatic nitrogens is 8. The maximum Gasteiger partial charge on any atom is 0.167 e. The molecule has 0 aliphatic carbocycles. The number of piperidine rings is 1. The molecular formula is C31H34FN11O. The van der Waals surface area contributed by atoms with Crippen molar-refractivity contribution in [3.05, 3.63) is 83.5 Å². The van der Waals surface area contributed by atoms with E-state index in [2.05, 4.69) is 45.4 Å². The Morgan fingerprint density at radius 3 is 2.41 bits per heavy atom. The molecule has 0 aromatic carbocycles. The van der Waals surface area contributed by atoms with Crippen molar-refractivity contribution < 1.29 is 9.50 Å². The number of pyridine rings is 2. The molecule has 8 heterocycles. The van der Waals surface area contributed by atoms with Crippen LogP contribution >= 0.6 is 0 Å². The fraction of sp³-hybridized carbons (Fsp3) is 0.355. The van der Waals surface area contributed by atoms with Crippen LogP contribution in [0.2, 0.25) is 0 Å². The van der Waals surface area contributed by atoms with E-state index in [1.54, 1.807) is 0 Å². The van der Waals surface area contributed by atoms with Gasteiger partial charge >= 0.3 is 0 Å². The van der Waals surface area contributed by atoms with Crippen LogP contribution in [0, 0.1) is 19.7 Å². The third-order valence-electron chi connectivity index (χ3n) is 8.15. The summed E-state index contributed by atoms with van der Waals surface area (Å²) in [5.41, 5.74) is 2.39. The van der Waals surface area contributed by atoms with Crippen LogP contribution in [0.5, 0.6) is 0 Å². The Morgan fingerprint density at radius 2 is 1.77 bits per heavy atom. The van der Waals surface area contributed by atoms with E-state index < -0.39 is 11.4 Å². The van der Waals surface area contributed by atoms with Gasteiger partial charge in [-0.3, -0.25) is 10.00 Å². The van der Waals surface area contributed by atoms with Gasteiger partial charge in [0.25, 0.3) is 0 Å². The van der Waals surface area contributed by atoms with Crippen LogP contribution in [0.3, 0.4) is 0 Å². The number of rotatable bonds is 8. The minimum Gasteiger partial charge on any atom is -0.384 e. The molecule has 5 aromatic rings. The van der Waals surface area contributed by atoms with E-state index >= 15 is 0 Å². The predicted octanol–water partition coefficient (Wildman–Crippen LogP) is 4.03. The third-order valence-corrected chi connectivity index (χ3v) is 8.15. The van der Waals surface area contributed by atoms with Crippen molar-refractivity contribution in [1.82, 2.24) is 44.8 Å². The lowest BCUT2D eigenvalue weighted by molar-refractivity contribution is -0.00875. The summed E-state index contributed by atoms with van der Waals surface area (Å²) < 4.78 is 15.6. The van der Waals surface area contributed by atoms with E-state index in [1.807, 2.05) is 62.6 Å². The molecule has 13 heteroatoms. The van der Waals surface area contributed by atoms with Crippen LogP contribution in [0.1, 0.15) is 42.9 Å². The quantitative estimate of drug-likeness (QED) is 0.241. The van der Waals surface area contributed by atoms with Gasteiger partial charge in [0.05, 0.1) is 6.20 Å². The van der Waals surface area contributed by atoms with Crippen molar-refractivity contribution in [2.24, 2.45) is 0 Å². The largest absolute Gasteiger partial charge is 0.384 e. The number of halogens is 1. The molecule has 3 N–H and O–H groups in total. The summed E-state index contributed by atoms with van der Waals surface area (Å²) in [5, 5.41) is 24.7. The molecule has 2 bridgehead atoms. The Bertz CT molecular complexity index is 1780. The summed E-state index contributed by atoms with van der Waals surface area (Å²) in [7, 11) is 0. The normalized spacial score (nSPS) is 18.4. The molecule has 3 saturated heterocycles. The highest BCUT2D eigenvalue weighted by Gasteiger charge is 2.44. The van der Waals surface area contributed by atoms with Crippen LogP contribution in [0.25, 0.3) is 17.2 Å². The number of hydrogen-bond acceptors (Lipinski definition) is 10. The van der Waals surface area contributed by atoms with Crippen molar-refractivity contribution in [1.29, 1.82) is 0 Å². The average molecular weight is 596 g/mol. The van der Waals surface area contributed by atoms with Crippen molar-refractivity contribution in [3.8, 4) is 17.2 Å². The van der Waals surface area contributed by atoms with Gasteiger partial charge in [-0.15, -0.1) is 0 Å². The summed E-state index contributed by atoms with van der Waals surface area (Å²) >= 11 is 0. The highest BCUT2D eigenvalue weighted by atomic mass is 19.1. The summed E-state index contributed by atoms with van der Waals surface area (Å²) in [6, 6.07) is 12.6. The van der Waals surface area contributed by atoms with E-state index in [9.17, 15) is 9.50 Å². The van der Waals surface area contributed by atoms with Crippen LogP contribution in [-0.4, -0.2) is 75.1 Å². The van der Waals surface area contributed by atoms with Crippen molar-refractivity contribution in [2.75, 3.05) is 23.3 Å². The van der Waals surface area contributed by atoms with Gasteiger partial charge in [-0.2, -0.15) is 10.2 Å². The number of anilines is 3. The van der Waals surface area contributed by atoms with Crippen LogP contribution in [-0.2, 0) is 12.1 Å². The molecule has 0 spiro atoms. The van der Waals surface area contributed by atoms with Gasteiger partial charge in [0, 0.05) is 73.2 Å². The number of nitrogens with one attached hydrogen (secondary N) is 2. The molecule has 5 aromatic heterocycles. The Labute approximate surface area is 254 Å². The SMILES string of the molecule is Cc1cc(Nc2cc(C)[nH]n2)nc(-c2ccc(N3CC4CC(C3)N4Cc3ccc(-n4cc(F)c(C(C)(C)O)n4)nc3)nc2)n1. The Hall–Kier alpha value is -4.75. The van der Waals surface area contributed by atoms with Crippen LogP contribution < -0.4 is 10.2 Å². The molecule has 3 fully saturated rings. The molecule has 2 unspecified atom stereocenters. The highest BCUT2D eigenvalue weighted by molar-refractivity contribution is 5.61. The minimum absolute atomic E-state index is 0.00309. The first kappa shape index (κ1) is 28.0. The lowest BCUT2D eigenvalue weighted by atomic mass is 9.87. The van der Waals surface area contributed by atoms with Gasteiger partial charge in [0.2, 0.25) is 0 Å². The molecule has 0 amide bonds. The number of fused-ring (bicyclic) bond motifs is 2. The third kappa shape index (κ3) is 5.51. The van der Waals surface area contributed by atoms with Crippen LogP contribution in [0.4, 0.5) is 21.8 Å². The number of aliphatic hydroxyl groups is 1. The van der Waals surface area contributed by atoms with Crippen LogP contribution in [0.15, 0.2) is 55.0 Å². The zero-order valence-electron chi connectivity index (χ0n) is 25.0. The fourth-order valence-electron chi connectivity index (χ4n) is 5.95. The average Bonchev–Trinajstić information content (AvgIpc) is 3.60. The Morgan fingerprint density at radius 1 is 1.00 bits per heavy atom. The van der Waals surface area contributed by atoms with Gasteiger partial charge in [-0.25, -0.2) is 29.0 Å². The Kier molecular flexibility index (Phi) is 6.85. The predicted molar refractivity (Wildman–Crippen MR) is 163 cm³/mol. The number of nitrogens with zero attached hydrogens (tertiary/aromatic N) is 9. The molecule has 8 rings (SSSR count). The lowest BCUT2D eigenvalue weighted by Gasteiger charge is -2.56. The second-order valence-electron chi connectivity index (χ2n) is 12.2. The molecule has 3 aliphatic rings. The molecule has 226 valence electrons.